The van der Waals surface area contributed by atoms with Crippen molar-refractivity contribution in [3.63, 3.8) is 0 Å². The van der Waals surface area contributed by atoms with Gasteiger partial charge in [-0.3, -0.25) is 0 Å². The Hall–Kier alpha value is -1.85. The molecule has 0 amide bonds. The molecule has 0 radical (unpaired) electrons. The highest BCUT2D eigenvalue weighted by Crippen LogP contribution is 2.27. The highest BCUT2D eigenvalue weighted by Gasteiger charge is 2.20. The first kappa shape index (κ1) is 6.34. The minimum absolute atomic E-state index is 0.0208. The van der Waals surface area contributed by atoms with Crippen molar-refractivity contribution in [3.8, 4) is 0 Å². The lowest BCUT2D eigenvalue weighted by Gasteiger charge is -2.35. The number of thiophene rings is 1. The number of nitrogens with zero attached hydrogens (tertiary/aromatic N) is 3. The number of likely N-dealkylation sites (N-methyl/N-ethyl adjacent to an activating group) is 1. The fraction of sp³-hybridized carbons (Fsp3) is 0.353. The second kappa shape index (κ2) is 5.41. The zero-order valence-electron chi connectivity index (χ0n) is 22.6. The number of aryl methyl sites for hydroxylation is 1. The quantitative estimate of drug-likeness (QED) is 0.867. The molecule has 1 N–H and O–H groups in total. The van der Waals surface area contributed by atoms with E-state index in [4.69, 9.17) is 15.1 Å². The van der Waals surface area contributed by atoms with E-state index >= 15 is 0 Å². The molecule has 1 fully saturated rings. The van der Waals surface area contributed by atoms with Gasteiger partial charge in [-0.25, -0.2) is 4.99 Å². The summed E-state index contributed by atoms with van der Waals surface area (Å²) in [6, 6.07) is -1.91. The van der Waals surface area contributed by atoms with E-state index in [2.05, 4.69) is 10.3 Å². The van der Waals surface area contributed by atoms with Gasteiger partial charge in [-0.05, 0) is 32.0 Å². The van der Waals surface area contributed by atoms with Gasteiger partial charge in [0.05, 0.1) is 23.4 Å². The second-order valence-corrected chi connectivity index (χ2v) is 6.02. The highest BCUT2D eigenvalue weighted by molar-refractivity contribution is 7.09. The molecule has 2 aliphatic rings. The lowest BCUT2D eigenvalue weighted by molar-refractivity contribution is 0.206. The van der Waals surface area contributed by atoms with Crippen LogP contribution in [0.2, 0.25) is 0 Å². The normalized spacial score (nSPS) is 26.5. The zero-order chi connectivity index (χ0) is 24.5. The van der Waals surface area contributed by atoms with Crippen LogP contribution in [0.15, 0.2) is 35.2 Å². The van der Waals surface area contributed by atoms with E-state index in [1.807, 2.05) is 0 Å². The van der Waals surface area contributed by atoms with Crippen molar-refractivity contribution in [3.05, 3.63) is 45.0 Å². The van der Waals surface area contributed by atoms with Crippen LogP contribution in [0.4, 0.5) is 11.4 Å². The minimum atomic E-state index is -2.56. The van der Waals surface area contributed by atoms with Crippen LogP contribution >= 0.6 is 11.3 Å². The summed E-state index contributed by atoms with van der Waals surface area (Å²) in [6.45, 7) is -3.93. The van der Waals surface area contributed by atoms with Crippen molar-refractivity contribution >= 4 is 28.5 Å². The first-order valence-electron chi connectivity index (χ1n) is 12.3. The molecule has 22 heavy (non-hydrogen) atoms. The number of piperazine rings is 1. The van der Waals surface area contributed by atoms with Crippen LogP contribution in [-0.2, 0) is 0 Å². The van der Waals surface area contributed by atoms with Crippen molar-refractivity contribution in [2.24, 2.45) is 4.99 Å². The summed E-state index contributed by atoms with van der Waals surface area (Å²) >= 11 is 0.786. The molecule has 3 heterocycles. The summed E-state index contributed by atoms with van der Waals surface area (Å²) in [5.41, 5.74) is -0.0517. The maximum Gasteiger partial charge on any atom is 0.127 e. The molecule has 0 atom stereocenters. The minimum Gasteiger partial charge on any atom is -0.355 e. The van der Waals surface area contributed by atoms with Gasteiger partial charge < -0.3 is 15.1 Å². The predicted molar refractivity (Wildman–Crippen MR) is 92.0 cm³/mol. The van der Waals surface area contributed by atoms with Crippen molar-refractivity contribution in [1.29, 1.82) is 0 Å². The van der Waals surface area contributed by atoms with Crippen molar-refractivity contribution < 1.29 is 15.1 Å². The largest absolute Gasteiger partial charge is 0.355 e. The number of hydrogen-bond acceptors (Lipinski definition) is 5. The first-order chi connectivity index (χ1) is 15.2. The molecule has 5 heteroatoms. The average Bonchev–Trinajstić information content (AvgIpc) is 2.96. The average molecular weight is 324 g/mol. The van der Waals surface area contributed by atoms with Crippen molar-refractivity contribution in [2.45, 2.75) is 6.85 Å². The van der Waals surface area contributed by atoms with Crippen LogP contribution in [0.1, 0.15) is 20.0 Å². The van der Waals surface area contributed by atoms with Crippen LogP contribution in [-0.4, -0.2) is 43.0 Å². The van der Waals surface area contributed by atoms with Gasteiger partial charge in [0.15, 0.2) is 0 Å². The monoisotopic (exact) mass is 323 g/mol. The smallest absolute Gasteiger partial charge is 0.127 e. The lowest BCUT2D eigenvalue weighted by atomic mass is 10.2. The molecule has 4 nitrogen and oxygen atoms in total. The van der Waals surface area contributed by atoms with E-state index in [1.54, 1.807) is 4.90 Å². The Morgan fingerprint density at radius 2 is 2.14 bits per heavy atom. The molecule has 2 aromatic rings. The van der Waals surface area contributed by atoms with E-state index in [9.17, 15) is 0 Å². The molecule has 0 saturated carbocycles. The summed E-state index contributed by atoms with van der Waals surface area (Å²) in [5.74, 6) is 0.277. The summed E-state index contributed by atoms with van der Waals surface area (Å²) in [4.78, 5) is 7.31. The molecular weight excluding hydrogens is 292 g/mol. The van der Waals surface area contributed by atoms with E-state index in [0.717, 1.165) is 11.3 Å². The van der Waals surface area contributed by atoms with Gasteiger partial charge >= 0.3 is 0 Å². The van der Waals surface area contributed by atoms with E-state index in [0.29, 0.717) is 0 Å². The topological polar surface area (TPSA) is 30.9 Å². The predicted octanol–water partition coefficient (Wildman–Crippen LogP) is 1.75. The van der Waals surface area contributed by atoms with Crippen molar-refractivity contribution in [2.75, 3.05) is 38.5 Å². The molecule has 1 aromatic heterocycles. The van der Waals surface area contributed by atoms with Crippen LogP contribution in [0.5, 0.6) is 0 Å². The number of para-hydroxylation sites is 2. The fourth-order valence-electron chi connectivity index (χ4n) is 2.51. The molecule has 0 unspecified atom stereocenters. The maximum atomic E-state index is 8.58. The Bertz CT molecular complexity index is 1240. The van der Waals surface area contributed by atoms with Gasteiger partial charge in [0, 0.05) is 39.3 Å². The lowest BCUT2D eigenvalue weighted by Crippen LogP contribution is -2.47. The molecule has 114 valence electrons. The Labute approximate surface area is 149 Å². The summed E-state index contributed by atoms with van der Waals surface area (Å²) in [5, 5.41) is 3.19. The van der Waals surface area contributed by atoms with Gasteiger partial charge in [-0.2, -0.15) is 0 Å². The van der Waals surface area contributed by atoms with Crippen LogP contribution in [0.3, 0.4) is 0 Å². The number of fused-ring (bicyclic) bond motifs is 2. The zero-order valence-corrected chi connectivity index (χ0v) is 12.4. The number of nitrogens with one attached hydrogen (secondary N) is 1. The molecule has 1 aromatic carbocycles. The molecule has 0 spiro atoms. The van der Waals surface area contributed by atoms with Gasteiger partial charge in [0.25, 0.3) is 0 Å². The summed E-state index contributed by atoms with van der Waals surface area (Å²) < 4.78 is 87.5. The number of benzene rings is 1. The van der Waals surface area contributed by atoms with E-state index in [-0.39, 0.29) is 76.3 Å². The summed E-state index contributed by atoms with van der Waals surface area (Å²) in [6.07, 6.45) is 0. The van der Waals surface area contributed by atoms with Crippen LogP contribution in [0, 0.1) is 6.85 Å². The molecular formula is C17H20N4S. The molecule has 2 aliphatic heterocycles. The van der Waals surface area contributed by atoms with Crippen LogP contribution in [0.25, 0.3) is 5.82 Å². The second-order valence-electron chi connectivity index (χ2n) is 5.02. The highest BCUT2D eigenvalue weighted by atomic mass is 32.1. The van der Waals surface area contributed by atoms with E-state index < -0.39 is 25.9 Å². The molecule has 4 rings (SSSR count). The maximum absolute atomic E-state index is 8.58. The fourth-order valence-corrected chi connectivity index (χ4v) is 3.24. The molecule has 1 saturated heterocycles. The standard InChI is InChI=1S/C17H20N4S/c1-12-11-13-16(21-9-7-20(2)8-10-21)18-14-5-3-4-6-15(14)19-17(13)22-12/h3-6,11,18H,7-10H2,1-2H3/i1D3,2D3,3D,4D,5D,6D,11D. The SMILES string of the molecule is [2H]c1c([2H])c([2H])c2c(c1[2H])N=c1sc(C([2H])([2H])[2H])c([2H])c1=C(N1CCN(C([2H])([2H])[2H])CC1)N2. The third-order valence-electron chi connectivity index (χ3n) is 3.61. The third kappa shape index (κ3) is 2.40. The van der Waals surface area contributed by atoms with Gasteiger partial charge in [0.2, 0.25) is 0 Å². The number of anilines is 1. The van der Waals surface area contributed by atoms with Gasteiger partial charge in [0.1, 0.15) is 10.5 Å². The van der Waals surface area contributed by atoms with Crippen LogP contribution < -0.4 is 15.2 Å². The van der Waals surface area contributed by atoms with Crippen molar-refractivity contribution in [1.82, 2.24) is 9.80 Å². The summed E-state index contributed by atoms with van der Waals surface area (Å²) in [7, 11) is 0. The Balaban J connectivity index is 1.95. The Morgan fingerprint density at radius 3 is 2.95 bits per heavy atom. The molecule has 0 bridgehead atoms. The Kier molecular flexibility index (Phi) is 1.56. The van der Waals surface area contributed by atoms with Gasteiger partial charge in [-0.1, -0.05) is 12.1 Å². The molecule has 0 aliphatic carbocycles. The number of rotatable bonds is 1. The first-order valence-corrected chi connectivity index (χ1v) is 7.63. The van der Waals surface area contributed by atoms with Gasteiger partial charge in [-0.15, -0.1) is 11.3 Å². The number of hydrogen-bond donors (Lipinski definition) is 1. The van der Waals surface area contributed by atoms with E-state index in [1.165, 1.54) is 4.90 Å². The third-order valence-corrected chi connectivity index (χ3v) is 4.40. The Morgan fingerprint density at radius 1 is 1.27 bits per heavy atom.